The molecule has 2 aromatic heterocycles. The van der Waals surface area contributed by atoms with Gasteiger partial charge in [-0.1, -0.05) is 0 Å². The Balaban J connectivity index is 1.45. The summed E-state index contributed by atoms with van der Waals surface area (Å²) in [5, 5.41) is 4.14. The molecule has 128 valence electrons. The van der Waals surface area contributed by atoms with Crippen molar-refractivity contribution in [3.63, 3.8) is 0 Å². The molecular formula is C17H15F2N5O. The van der Waals surface area contributed by atoms with Gasteiger partial charge in [0.2, 0.25) is 5.82 Å². The number of hydrogen-bond donors (Lipinski definition) is 0. The molecule has 1 saturated heterocycles. The van der Waals surface area contributed by atoms with Gasteiger partial charge < -0.3 is 4.90 Å². The standard InChI is InChI=1S/C17H15F2N5O/c18-13-7-12(8-14(19)9-13)6-11-2-5-23(10-11)16(25)15-21-17-20-3-1-4-24(17)22-15/h1,3-4,7-9,11H,2,5-6,10H2. The van der Waals surface area contributed by atoms with Gasteiger partial charge in [-0.25, -0.2) is 18.3 Å². The number of amides is 1. The van der Waals surface area contributed by atoms with Crippen LogP contribution in [-0.4, -0.2) is 43.5 Å². The van der Waals surface area contributed by atoms with Crippen LogP contribution in [-0.2, 0) is 6.42 Å². The third kappa shape index (κ3) is 3.19. The number of benzene rings is 1. The van der Waals surface area contributed by atoms with E-state index in [9.17, 15) is 13.6 Å². The molecule has 0 bridgehead atoms. The summed E-state index contributed by atoms with van der Waals surface area (Å²) in [6.07, 6.45) is 4.56. The minimum Gasteiger partial charge on any atom is -0.336 e. The van der Waals surface area contributed by atoms with E-state index >= 15 is 0 Å². The molecule has 1 amide bonds. The minimum absolute atomic E-state index is 0.108. The highest BCUT2D eigenvalue weighted by molar-refractivity contribution is 5.91. The van der Waals surface area contributed by atoms with Gasteiger partial charge in [-0.2, -0.15) is 4.98 Å². The Morgan fingerprint density at radius 3 is 2.80 bits per heavy atom. The van der Waals surface area contributed by atoms with E-state index < -0.39 is 11.6 Å². The second kappa shape index (κ2) is 6.19. The molecule has 4 rings (SSSR count). The van der Waals surface area contributed by atoms with Crippen LogP contribution in [0.1, 0.15) is 22.6 Å². The Morgan fingerprint density at radius 2 is 2.04 bits per heavy atom. The van der Waals surface area contributed by atoms with Crippen LogP contribution >= 0.6 is 0 Å². The molecule has 8 heteroatoms. The maximum Gasteiger partial charge on any atom is 0.293 e. The first-order valence-electron chi connectivity index (χ1n) is 8.00. The monoisotopic (exact) mass is 343 g/mol. The van der Waals surface area contributed by atoms with E-state index in [0.29, 0.717) is 30.9 Å². The Labute approximate surface area is 142 Å². The number of nitrogens with zero attached hydrogens (tertiary/aromatic N) is 5. The zero-order chi connectivity index (χ0) is 17.4. The smallest absolute Gasteiger partial charge is 0.293 e. The Kier molecular flexibility index (Phi) is 3.87. The third-order valence-electron chi connectivity index (χ3n) is 4.33. The third-order valence-corrected chi connectivity index (χ3v) is 4.33. The summed E-state index contributed by atoms with van der Waals surface area (Å²) < 4.78 is 28.1. The number of carbonyl (C=O) groups excluding carboxylic acids is 1. The number of carbonyl (C=O) groups is 1. The molecule has 0 aliphatic carbocycles. The van der Waals surface area contributed by atoms with Crippen molar-refractivity contribution in [2.24, 2.45) is 5.92 Å². The van der Waals surface area contributed by atoms with E-state index in [1.54, 1.807) is 23.4 Å². The largest absolute Gasteiger partial charge is 0.336 e. The lowest BCUT2D eigenvalue weighted by molar-refractivity contribution is 0.0775. The number of aromatic nitrogens is 4. The summed E-state index contributed by atoms with van der Waals surface area (Å²) in [5.41, 5.74) is 0.604. The van der Waals surface area contributed by atoms with E-state index in [2.05, 4.69) is 15.1 Å². The first-order valence-corrected chi connectivity index (χ1v) is 8.00. The molecule has 0 saturated carbocycles. The lowest BCUT2D eigenvalue weighted by Crippen LogP contribution is -2.30. The highest BCUT2D eigenvalue weighted by Crippen LogP contribution is 2.23. The molecule has 6 nitrogen and oxygen atoms in total. The molecule has 1 aliphatic heterocycles. The van der Waals surface area contributed by atoms with E-state index in [4.69, 9.17) is 0 Å². The fourth-order valence-corrected chi connectivity index (χ4v) is 3.21. The van der Waals surface area contributed by atoms with Crippen molar-refractivity contribution in [1.29, 1.82) is 0 Å². The topological polar surface area (TPSA) is 63.4 Å². The molecule has 3 heterocycles. The van der Waals surface area contributed by atoms with Crippen molar-refractivity contribution >= 4 is 11.7 Å². The molecule has 1 aromatic carbocycles. The van der Waals surface area contributed by atoms with Gasteiger partial charge in [0.05, 0.1) is 0 Å². The van der Waals surface area contributed by atoms with Crippen LogP contribution in [0, 0.1) is 17.6 Å². The molecular weight excluding hydrogens is 328 g/mol. The van der Waals surface area contributed by atoms with Gasteiger partial charge >= 0.3 is 0 Å². The van der Waals surface area contributed by atoms with Crippen molar-refractivity contribution in [3.8, 4) is 0 Å². The zero-order valence-electron chi connectivity index (χ0n) is 13.3. The first kappa shape index (κ1) is 15.6. The Hall–Kier alpha value is -2.90. The SMILES string of the molecule is O=C(c1nc2ncccn2n1)N1CCC(Cc2cc(F)cc(F)c2)C1. The van der Waals surface area contributed by atoms with Crippen LogP contribution in [0.15, 0.2) is 36.7 Å². The highest BCUT2D eigenvalue weighted by Gasteiger charge is 2.29. The van der Waals surface area contributed by atoms with Crippen molar-refractivity contribution in [1.82, 2.24) is 24.5 Å². The van der Waals surface area contributed by atoms with E-state index in [-0.39, 0.29) is 17.6 Å². The fraction of sp³-hybridized carbons (Fsp3) is 0.294. The van der Waals surface area contributed by atoms with Gasteiger partial charge in [-0.15, -0.1) is 5.10 Å². The van der Waals surface area contributed by atoms with E-state index in [1.165, 1.54) is 16.6 Å². The van der Waals surface area contributed by atoms with Gasteiger partial charge in [-0.3, -0.25) is 4.79 Å². The van der Waals surface area contributed by atoms with Gasteiger partial charge in [0.25, 0.3) is 11.7 Å². The summed E-state index contributed by atoms with van der Waals surface area (Å²) >= 11 is 0. The van der Waals surface area contributed by atoms with Crippen LogP contribution in [0.3, 0.4) is 0 Å². The predicted octanol–water partition coefficient (Wildman–Crippen LogP) is 2.11. The van der Waals surface area contributed by atoms with Gasteiger partial charge in [0, 0.05) is 31.5 Å². The molecule has 1 atom stereocenters. The summed E-state index contributed by atoms with van der Waals surface area (Å²) in [7, 11) is 0. The van der Waals surface area contributed by atoms with Crippen molar-refractivity contribution in [3.05, 3.63) is 59.7 Å². The number of hydrogen-bond acceptors (Lipinski definition) is 4. The van der Waals surface area contributed by atoms with Crippen LogP contribution in [0.4, 0.5) is 8.78 Å². The summed E-state index contributed by atoms with van der Waals surface area (Å²) in [6.45, 7) is 1.09. The fourth-order valence-electron chi connectivity index (χ4n) is 3.21. The quantitative estimate of drug-likeness (QED) is 0.731. The summed E-state index contributed by atoms with van der Waals surface area (Å²) in [6, 6.07) is 5.24. The normalized spacial score (nSPS) is 17.4. The van der Waals surface area contributed by atoms with Crippen molar-refractivity contribution in [2.45, 2.75) is 12.8 Å². The average Bonchev–Trinajstić information content (AvgIpc) is 3.19. The number of rotatable bonds is 3. The second-order valence-electron chi connectivity index (χ2n) is 6.19. The maximum atomic E-state index is 13.3. The molecule has 1 aliphatic rings. The van der Waals surface area contributed by atoms with Gasteiger partial charge in [0.15, 0.2) is 0 Å². The van der Waals surface area contributed by atoms with Gasteiger partial charge in [0.1, 0.15) is 11.6 Å². The highest BCUT2D eigenvalue weighted by atomic mass is 19.1. The molecule has 25 heavy (non-hydrogen) atoms. The minimum atomic E-state index is -0.581. The van der Waals surface area contributed by atoms with Gasteiger partial charge in [-0.05, 0) is 42.5 Å². The zero-order valence-corrected chi connectivity index (χ0v) is 13.3. The number of fused-ring (bicyclic) bond motifs is 1. The van der Waals surface area contributed by atoms with Crippen LogP contribution in [0.5, 0.6) is 0 Å². The van der Waals surface area contributed by atoms with Crippen molar-refractivity contribution < 1.29 is 13.6 Å². The Morgan fingerprint density at radius 1 is 1.24 bits per heavy atom. The van der Waals surface area contributed by atoms with Crippen LogP contribution < -0.4 is 0 Å². The Bertz CT molecular complexity index is 888. The maximum absolute atomic E-state index is 13.3. The number of halogens is 2. The lowest BCUT2D eigenvalue weighted by Gasteiger charge is -2.14. The molecule has 0 radical (unpaired) electrons. The number of likely N-dealkylation sites (tertiary alicyclic amines) is 1. The molecule has 3 aromatic rings. The summed E-state index contributed by atoms with van der Waals surface area (Å²) in [5.74, 6) is -0.781. The second-order valence-corrected chi connectivity index (χ2v) is 6.19. The summed E-state index contributed by atoms with van der Waals surface area (Å²) in [4.78, 5) is 22.4. The average molecular weight is 343 g/mol. The predicted molar refractivity (Wildman–Crippen MR) is 84.9 cm³/mol. The molecule has 1 fully saturated rings. The van der Waals surface area contributed by atoms with E-state index in [0.717, 1.165) is 12.5 Å². The molecule has 0 N–H and O–H groups in total. The van der Waals surface area contributed by atoms with Crippen LogP contribution in [0.2, 0.25) is 0 Å². The van der Waals surface area contributed by atoms with E-state index in [1.807, 2.05) is 0 Å². The first-order chi connectivity index (χ1) is 12.1. The molecule has 0 spiro atoms. The van der Waals surface area contributed by atoms with Crippen molar-refractivity contribution in [2.75, 3.05) is 13.1 Å². The molecule has 1 unspecified atom stereocenters. The van der Waals surface area contributed by atoms with Crippen LogP contribution in [0.25, 0.3) is 5.78 Å². The lowest BCUT2D eigenvalue weighted by atomic mass is 9.98.